The van der Waals surface area contributed by atoms with Gasteiger partial charge in [-0.1, -0.05) is 51.5 Å². The third-order valence-electron chi connectivity index (χ3n) is 2.37. The van der Waals surface area contributed by atoms with Crippen LogP contribution in [0.15, 0.2) is 29.2 Å². The summed E-state index contributed by atoms with van der Waals surface area (Å²) in [5.41, 5.74) is 7.22. The molecule has 0 fully saturated rings. The standard InChI is InChI=1S/C15H28Si/c1-6-8-10-11-13-15(12-9-7-2)14-16(3,4)5/h7,12,14H,6,8,10-11,13H2,1-5H3/b15-14-. The van der Waals surface area contributed by atoms with Crippen molar-refractivity contribution in [1.29, 1.82) is 0 Å². The Kier molecular flexibility index (Phi) is 8.33. The quantitative estimate of drug-likeness (QED) is 0.237. The van der Waals surface area contributed by atoms with Crippen molar-refractivity contribution in [3.63, 3.8) is 0 Å². The van der Waals surface area contributed by atoms with Gasteiger partial charge in [0.15, 0.2) is 0 Å². The topological polar surface area (TPSA) is 0 Å². The molecule has 0 unspecified atom stereocenters. The zero-order valence-corrected chi connectivity index (χ0v) is 12.8. The molecule has 0 N–H and O–H groups in total. The number of unbranched alkanes of at least 4 members (excludes halogenated alkanes) is 3. The average molecular weight is 236 g/mol. The summed E-state index contributed by atoms with van der Waals surface area (Å²) >= 11 is 0. The second-order valence-electron chi connectivity index (χ2n) is 5.50. The van der Waals surface area contributed by atoms with E-state index in [-0.39, 0.29) is 0 Å². The molecule has 0 heterocycles. The highest BCUT2D eigenvalue weighted by molar-refractivity contribution is 6.81. The molecule has 0 bridgehead atoms. The van der Waals surface area contributed by atoms with Gasteiger partial charge in [-0.2, -0.15) is 0 Å². The van der Waals surface area contributed by atoms with Gasteiger partial charge in [-0.25, -0.2) is 0 Å². The largest absolute Gasteiger partial charge is 0.125 e. The molecule has 0 atom stereocenters. The molecule has 0 aromatic carbocycles. The van der Waals surface area contributed by atoms with Crippen LogP contribution in [0.1, 0.15) is 46.0 Å². The molecule has 16 heavy (non-hydrogen) atoms. The molecule has 0 aromatic rings. The van der Waals surface area contributed by atoms with Crippen LogP contribution in [0.5, 0.6) is 0 Å². The number of allylic oxidation sites excluding steroid dienone is 2. The molecule has 0 aliphatic heterocycles. The molecule has 0 aromatic heterocycles. The van der Waals surface area contributed by atoms with Crippen LogP contribution in [-0.2, 0) is 0 Å². The van der Waals surface area contributed by atoms with E-state index >= 15 is 0 Å². The van der Waals surface area contributed by atoms with E-state index in [0.717, 1.165) is 0 Å². The minimum absolute atomic E-state index is 1.09. The molecule has 0 aliphatic rings. The Bertz CT molecular complexity index is 260. The summed E-state index contributed by atoms with van der Waals surface area (Å²) in [5, 5.41) is 0. The Morgan fingerprint density at radius 3 is 2.31 bits per heavy atom. The lowest BCUT2D eigenvalue weighted by Crippen LogP contribution is -2.16. The van der Waals surface area contributed by atoms with Crippen LogP contribution in [-0.4, -0.2) is 8.07 Å². The van der Waals surface area contributed by atoms with Crippen molar-refractivity contribution < 1.29 is 0 Å². The number of hydrogen-bond donors (Lipinski definition) is 0. The van der Waals surface area contributed by atoms with Crippen molar-refractivity contribution in [1.82, 2.24) is 0 Å². The maximum absolute atomic E-state index is 3.22. The van der Waals surface area contributed by atoms with Crippen molar-refractivity contribution >= 4 is 8.07 Å². The number of hydrogen-bond acceptors (Lipinski definition) is 0. The minimum atomic E-state index is -1.09. The van der Waals surface area contributed by atoms with Gasteiger partial charge in [0.2, 0.25) is 0 Å². The summed E-state index contributed by atoms with van der Waals surface area (Å²) in [7, 11) is -1.09. The van der Waals surface area contributed by atoms with Crippen molar-refractivity contribution in [3.05, 3.63) is 29.2 Å². The summed E-state index contributed by atoms with van der Waals surface area (Å²) in [6.45, 7) is 11.5. The van der Waals surface area contributed by atoms with Gasteiger partial charge in [0.1, 0.15) is 0 Å². The maximum Gasteiger partial charge on any atom is 0.0690 e. The molecule has 0 aliphatic carbocycles. The zero-order valence-electron chi connectivity index (χ0n) is 11.8. The highest BCUT2D eigenvalue weighted by Crippen LogP contribution is 2.15. The van der Waals surface area contributed by atoms with Crippen LogP contribution in [0.3, 0.4) is 0 Å². The van der Waals surface area contributed by atoms with Crippen molar-refractivity contribution in [3.8, 4) is 0 Å². The molecule has 0 saturated carbocycles. The fourth-order valence-corrected chi connectivity index (χ4v) is 3.03. The third-order valence-corrected chi connectivity index (χ3v) is 3.61. The highest BCUT2D eigenvalue weighted by atomic mass is 28.3. The van der Waals surface area contributed by atoms with Gasteiger partial charge in [0.25, 0.3) is 0 Å². The van der Waals surface area contributed by atoms with E-state index in [1.165, 1.54) is 37.7 Å². The molecule has 92 valence electrons. The predicted octanol–water partition coefficient (Wildman–Crippen LogP) is 5.49. The first-order valence-electron chi connectivity index (χ1n) is 6.58. The SMILES string of the molecule is CC=C=C/C(=C/[Si](C)(C)C)CCCCCC. The fraction of sp³-hybridized carbons (Fsp3) is 0.667. The average Bonchev–Trinajstić information content (AvgIpc) is 2.18. The lowest BCUT2D eigenvalue weighted by molar-refractivity contribution is 0.668. The molecule has 0 saturated heterocycles. The van der Waals surface area contributed by atoms with E-state index in [4.69, 9.17) is 0 Å². The van der Waals surface area contributed by atoms with Gasteiger partial charge in [0.05, 0.1) is 8.07 Å². The van der Waals surface area contributed by atoms with Gasteiger partial charge in [-0.3, -0.25) is 0 Å². The van der Waals surface area contributed by atoms with Gasteiger partial charge in [-0.05, 0) is 37.5 Å². The lowest BCUT2D eigenvalue weighted by Gasteiger charge is -2.12. The molecular weight excluding hydrogens is 208 g/mol. The van der Waals surface area contributed by atoms with Gasteiger partial charge < -0.3 is 0 Å². The van der Waals surface area contributed by atoms with E-state index in [9.17, 15) is 0 Å². The Balaban J connectivity index is 4.34. The van der Waals surface area contributed by atoms with Crippen molar-refractivity contribution in [2.75, 3.05) is 0 Å². The molecule has 0 radical (unpaired) electrons. The van der Waals surface area contributed by atoms with E-state index < -0.39 is 8.07 Å². The van der Waals surface area contributed by atoms with E-state index in [1.807, 2.05) is 13.0 Å². The second-order valence-corrected chi connectivity index (χ2v) is 10.5. The fourth-order valence-electron chi connectivity index (χ4n) is 1.69. The molecule has 0 amide bonds. The van der Waals surface area contributed by atoms with Gasteiger partial charge in [-0.15, -0.1) is 5.73 Å². The molecule has 1 heteroatoms. The highest BCUT2D eigenvalue weighted by Gasteiger charge is 2.09. The van der Waals surface area contributed by atoms with Gasteiger partial charge in [0, 0.05) is 0 Å². The van der Waals surface area contributed by atoms with Gasteiger partial charge >= 0.3 is 0 Å². The van der Waals surface area contributed by atoms with E-state index in [2.05, 4.69) is 44.1 Å². The maximum atomic E-state index is 3.22. The first kappa shape index (κ1) is 15.5. The molecule has 0 rings (SSSR count). The number of rotatable bonds is 7. The van der Waals surface area contributed by atoms with Crippen LogP contribution < -0.4 is 0 Å². The first-order valence-corrected chi connectivity index (χ1v) is 10.2. The Hall–Kier alpha value is -0.523. The van der Waals surface area contributed by atoms with E-state index in [1.54, 1.807) is 0 Å². The predicted molar refractivity (Wildman–Crippen MR) is 78.5 cm³/mol. The van der Waals surface area contributed by atoms with Crippen LogP contribution in [0.2, 0.25) is 19.6 Å². The van der Waals surface area contributed by atoms with Crippen LogP contribution in [0.4, 0.5) is 0 Å². The molecule has 0 nitrogen and oxygen atoms in total. The van der Waals surface area contributed by atoms with Crippen molar-refractivity contribution in [2.24, 2.45) is 0 Å². The summed E-state index contributed by atoms with van der Waals surface area (Å²) < 4.78 is 0. The Morgan fingerprint density at radius 1 is 1.12 bits per heavy atom. The van der Waals surface area contributed by atoms with Crippen molar-refractivity contribution in [2.45, 2.75) is 65.6 Å². The zero-order chi connectivity index (χ0) is 12.4. The molecule has 0 spiro atoms. The monoisotopic (exact) mass is 236 g/mol. The van der Waals surface area contributed by atoms with Crippen LogP contribution >= 0.6 is 0 Å². The van der Waals surface area contributed by atoms with Crippen LogP contribution in [0, 0.1) is 0 Å². The molecular formula is C15H28Si. The second kappa shape index (κ2) is 8.61. The summed E-state index contributed by atoms with van der Waals surface area (Å²) in [6, 6.07) is 0. The lowest BCUT2D eigenvalue weighted by atomic mass is 10.1. The smallest absolute Gasteiger partial charge is 0.0690 e. The first-order chi connectivity index (χ1) is 7.49. The summed E-state index contributed by atoms with van der Waals surface area (Å²) in [4.78, 5) is 0. The Labute approximate surface area is 103 Å². The van der Waals surface area contributed by atoms with Crippen LogP contribution in [0.25, 0.3) is 0 Å². The summed E-state index contributed by atoms with van der Waals surface area (Å²) in [5.74, 6) is 0. The normalized spacial score (nSPS) is 12.2. The Morgan fingerprint density at radius 2 is 1.81 bits per heavy atom. The van der Waals surface area contributed by atoms with E-state index in [0.29, 0.717) is 0 Å². The summed E-state index contributed by atoms with van der Waals surface area (Å²) in [6.07, 6.45) is 10.8. The minimum Gasteiger partial charge on any atom is -0.125 e. The third kappa shape index (κ3) is 10.0.